The Morgan fingerprint density at radius 3 is 2.53 bits per heavy atom. The number of carbonyl (C=O) groups is 2. The first-order chi connectivity index (χ1) is 8.86. The van der Waals surface area contributed by atoms with Gasteiger partial charge >= 0.3 is 0 Å². The molecule has 3 N–H and O–H groups in total. The van der Waals surface area contributed by atoms with E-state index in [1.807, 2.05) is 0 Å². The normalized spacial score (nSPS) is 10.1. The predicted octanol–water partition coefficient (Wildman–Crippen LogP) is 0.755. The van der Waals surface area contributed by atoms with E-state index in [2.05, 4.69) is 5.32 Å². The highest BCUT2D eigenvalue weighted by Gasteiger charge is 2.20. The Bertz CT molecular complexity index is 506. The molecule has 1 aromatic carbocycles. The smallest absolute Gasteiger partial charge is 0.257 e. The third-order valence-corrected chi connectivity index (χ3v) is 2.42. The fourth-order valence-corrected chi connectivity index (χ4v) is 1.48. The summed E-state index contributed by atoms with van der Waals surface area (Å²) in [7, 11) is 1.34. The van der Waals surface area contributed by atoms with Crippen molar-refractivity contribution in [3.05, 3.63) is 29.3 Å². The highest BCUT2D eigenvalue weighted by molar-refractivity contribution is 5.97. The van der Waals surface area contributed by atoms with Crippen LogP contribution in [0.3, 0.4) is 0 Å². The topological polar surface area (TPSA) is 75.4 Å². The van der Waals surface area contributed by atoms with Gasteiger partial charge in [0.15, 0.2) is 0 Å². The second kappa shape index (κ2) is 6.12. The molecule has 0 aliphatic heterocycles. The van der Waals surface area contributed by atoms with E-state index >= 15 is 0 Å². The molecule has 0 saturated carbocycles. The molecule has 7 heteroatoms. The molecule has 0 atom stereocenters. The lowest BCUT2D eigenvalue weighted by molar-refractivity contribution is -0.121. The zero-order valence-corrected chi connectivity index (χ0v) is 10.7. The third-order valence-electron chi connectivity index (χ3n) is 2.42. The predicted molar refractivity (Wildman–Crippen MR) is 66.4 cm³/mol. The van der Waals surface area contributed by atoms with Crippen LogP contribution in [0.1, 0.15) is 17.3 Å². The number of likely N-dealkylation sites (N-methyl/N-ethyl adjacent to an activating group) is 2. The molecule has 0 aliphatic rings. The molecule has 0 unspecified atom stereocenters. The molecular formula is C12H15F2N3O2. The Labute approximate surface area is 109 Å². The van der Waals surface area contributed by atoms with E-state index < -0.39 is 17.5 Å². The lowest BCUT2D eigenvalue weighted by Crippen LogP contribution is -2.38. The van der Waals surface area contributed by atoms with E-state index in [4.69, 9.17) is 5.73 Å². The Hall–Kier alpha value is -2.18. The zero-order chi connectivity index (χ0) is 14.6. The molecule has 0 spiro atoms. The molecule has 0 aliphatic carbocycles. The van der Waals surface area contributed by atoms with Gasteiger partial charge in [0.25, 0.3) is 5.91 Å². The first-order valence-electron chi connectivity index (χ1n) is 5.63. The van der Waals surface area contributed by atoms with E-state index in [0.717, 1.165) is 11.0 Å². The zero-order valence-electron chi connectivity index (χ0n) is 10.7. The van der Waals surface area contributed by atoms with Gasteiger partial charge in [0.1, 0.15) is 11.6 Å². The van der Waals surface area contributed by atoms with Gasteiger partial charge in [0, 0.05) is 19.7 Å². The largest absolute Gasteiger partial charge is 0.396 e. The van der Waals surface area contributed by atoms with Gasteiger partial charge in [-0.25, -0.2) is 8.78 Å². The van der Waals surface area contributed by atoms with Gasteiger partial charge in [0.2, 0.25) is 5.91 Å². The third kappa shape index (κ3) is 3.64. The van der Waals surface area contributed by atoms with Crippen molar-refractivity contribution >= 4 is 17.5 Å². The molecule has 0 aromatic heterocycles. The van der Waals surface area contributed by atoms with Crippen molar-refractivity contribution in [3.8, 4) is 0 Å². The van der Waals surface area contributed by atoms with E-state index in [1.165, 1.54) is 7.05 Å². The van der Waals surface area contributed by atoms with Crippen LogP contribution in [0.15, 0.2) is 12.1 Å². The van der Waals surface area contributed by atoms with Gasteiger partial charge in [-0.3, -0.25) is 9.59 Å². The molecule has 0 heterocycles. The van der Waals surface area contributed by atoms with Crippen molar-refractivity contribution in [1.29, 1.82) is 0 Å². The van der Waals surface area contributed by atoms with E-state index in [1.54, 1.807) is 6.92 Å². The van der Waals surface area contributed by atoms with Crippen molar-refractivity contribution in [2.75, 3.05) is 25.9 Å². The summed E-state index contributed by atoms with van der Waals surface area (Å²) in [4.78, 5) is 24.2. The van der Waals surface area contributed by atoms with Gasteiger partial charge < -0.3 is 16.0 Å². The van der Waals surface area contributed by atoms with Gasteiger partial charge in [-0.2, -0.15) is 0 Å². The summed E-state index contributed by atoms with van der Waals surface area (Å²) < 4.78 is 26.5. The number of nitrogen functional groups attached to an aromatic ring is 1. The van der Waals surface area contributed by atoms with Crippen LogP contribution in [0.5, 0.6) is 0 Å². The maximum Gasteiger partial charge on any atom is 0.257 e. The number of hydrogen-bond donors (Lipinski definition) is 2. The molecule has 0 saturated heterocycles. The van der Waals surface area contributed by atoms with Crippen molar-refractivity contribution in [2.45, 2.75) is 6.92 Å². The highest BCUT2D eigenvalue weighted by Crippen LogP contribution is 2.17. The van der Waals surface area contributed by atoms with Crippen molar-refractivity contribution in [2.24, 2.45) is 0 Å². The van der Waals surface area contributed by atoms with Crippen LogP contribution in [-0.4, -0.2) is 36.9 Å². The molecule has 19 heavy (non-hydrogen) atoms. The second-order valence-corrected chi connectivity index (χ2v) is 3.97. The molecule has 5 nitrogen and oxygen atoms in total. The summed E-state index contributed by atoms with van der Waals surface area (Å²) in [6.45, 7) is 1.95. The van der Waals surface area contributed by atoms with Crippen molar-refractivity contribution < 1.29 is 18.4 Å². The number of amides is 2. The molecule has 1 rings (SSSR count). The lowest BCUT2D eigenvalue weighted by atomic mass is 10.1. The fourth-order valence-electron chi connectivity index (χ4n) is 1.48. The summed E-state index contributed by atoms with van der Waals surface area (Å²) in [6.07, 6.45) is 0. The molecular weight excluding hydrogens is 256 g/mol. The van der Waals surface area contributed by atoms with Crippen molar-refractivity contribution in [3.63, 3.8) is 0 Å². The number of halogens is 2. The van der Waals surface area contributed by atoms with Crippen molar-refractivity contribution in [1.82, 2.24) is 10.2 Å². The number of nitrogens with two attached hydrogens (primary N) is 1. The van der Waals surface area contributed by atoms with Crippen LogP contribution < -0.4 is 11.1 Å². The number of rotatable bonds is 4. The molecule has 0 fully saturated rings. The minimum absolute atomic E-state index is 0.219. The van der Waals surface area contributed by atoms with Gasteiger partial charge in [0.05, 0.1) is 17.8 Å². The Morgan fingerprint density at radius 1 is 1.32 bits per heavy atom. The maximum absolute atomic E-state index is 13.5. The van der Waals surface area contributed by atoms with Crippen LogP contribution in [0.2, 0.25) is 0 Å². The van der Waals surface area contributed by atoms with Gasteiger partial charge in [-0.15, -0.1) is 0 Å². The highest BCUT2D eigenvalue weighted by atomic mass is 19.1. The van der Waals surface area contributed by atoms with Gasteiger partial charge in [-0.05, 0) is 13.0 Å². The number of anilines is 1. The van der Waals surface area contributed by atoms with E-state index in [-0.39, 0.29) is 23.7 Å². The lowest BCUT2D eigenvalue weighted by Gasteiger charge is -2.17. The number of hydrogen-bond acceptors (Lipinski definition) is 3. The summed E-state index contributed by atoms with van der Waals surface area (Å²) in [5.74, 6) is -3.05. The molecule has 1 aromatic rings. The second-order valence-electron chi connectivity index (χ2n) is 3.97. The molecule has 104 valence electrons. The summed E-state index contributed by atoms with van der Waals surface area (Å²) in [5, 5.41) is 2.51. The molecule has 0 bridgehead atoms. The van der Waals surface area contributed by atoms with Crippen LogP contribution in [0, 0.1) is 11.6 Å². The Morgan fingerprint density at radius 2 is 1.95 bits per heavy atom. The van der Waals surface area contributed by atoms with Gasteiger partial charge in [-0.1, -0.05) is 0 Å². The molecule has 0 radical (unpaired) electrons. The number of nitrogens with zero attached hydrogens (tertiary/aromatic N) is 1. The summed E-state index contributed by atoms with van der Waals surface area (Å²) in [5.41, 5.74) is 4.59. The average molecular weight is 271 g/mol. The maximum atomic E-state index is 13.5. The Balaban J connectivity index is 2.88. The fraction of sp³-hybridized carbons (Fsp3) is 0.333. The van der Waals surface area contributed by atoms with Crippen LogP contribution >= 0.6 is 0 Å². The average Bonchev–Trinajstić information content (AvgIpc) is 2.33. The number of carbonyl (C=O) groups excluding carboxylic acids is 2. The first kappa shape index (κ1) is 14.9. The quantitative estimate of drug-likeness (QED) is 0.794. The van der Waals surface area contributed by atoms with E-state index in [9.17, 15) is 18.4 Å². The van der Waals surface area contributed by atoms with Crippen LogP contribution in [-0.2, 0) is 4.79 Å². The van der Waals surface area contributed by atoms with Crippen LogP contribution in [0.4, 0.5) is 14.5 Å². The number of benzene rings is 1. The van der Waals surface area contributed by atoms with E-state index in [0.29, 0.717) is 12.6 Å². The SMILES string of the molecule is CCNC(=O)CN(C)C(=O)c1cc(N)c(F)cc1F. The standard InChI is InChI=1S/C12H15F2N3O2/c1-3-16-11(18)6-17(2)12(19)7-4-10(15)9(14)5-8(7)13/h4-5H,3,6,15H2,1-2H3,(H,16,18). The van der Waals surface area contributed by atoms with Crippen LogP contribution in [0.25, 0.3) is 0 Å². The minimum Gasteiger partial charge on any atom is -0.396 e. The minimum atomic E-state index is -1.01. The first-order valence-corrected chi connectivity index (χ1v) is 5.63. The summed E-state index contributed by atoms with van der Waals surface area (Å²) >= 11 is 0. The molecule has 2 amide bonds. The monoisotopic (exact) mass is 271 g/mol. The number of nitrogens with one attached hydrogen (secondary N) is 1. The summed E-state index contributed by atoms with van der Waals surface area (Å²) in [6, 6.07) is 1.46. The Kier molecular flexibility index (Phi) is 4.80.